The van der Waals surface area contributed by atoms with E-state index in [0.29, 0.717) is 28.7 Å². The van der Waals surface area contributed by atoms with Crippen LogP contribution in [0.15, 0.2) is 12.1 Å². The number of benzene rings is 1. The topological polar surface area (TPSA) is 73.6 Å². The molecule has 1 amide bonds. The van der Waals surface area contributed by atoms with E-state index in [0.717, 1.165) is 6.54 Å². The third kappa shape index (κ3) is 1.96. The molecule has 5 heteroatoms. The van der Waals surface area contributed by atoms with E-state index in [1.807, 2.05) is 0 Å². The van der Waals surface area contributed by atoms with Gasteiger partial charge >= 0.3 is 0 Å². The van der Waals surface area contributed by atoms with Crippen LogP contribution in [-0.2, 0) is 0 Å². The van der Waals surface area contributed by atoms with Crippen LogP contribution in [0.5, 0.6) is 11.5 Å². The zero-order valence-electron chi connectivity index (χ0n) is 10.1. The molecule has 1 saturated carbocycles. The third-order valence-corrected chi connectivity index (χ3v) is 3.57. The second kappa shape index (κ2) is 4.40. The molecule has 1 aliphatic heterocycles. The predicted molar refractivity (Wildman–Crippen MR) is 66.7 cm³/mol. The number of nitrogens with two attached hydrogens (primary N) is 1. The summed E-state index contributed by atoms with van der Waals surface area (Å²) in [6, 6.07) is 3.29. The number of carbonyl (C=O) groups is 1. The molecule has 1 heterocycles. The Kier molecular flexibility index (Phi) is 2.74. The lowest BCUT2D eigenvalue weighted by Gasteiger charge is -2.25. The highest BCUT2D eigenvalue weighted by Gasteiger charge is 2.22. The molecule has 5 nitrogen and oxygen atoms in total. The first kappa shape index (κ1) is 11.2. The number of hydrogen-bond acceptors (Lipinski definition) is 4. The normalized spacial score (nSPS) is 17.3. The highest BCUT2D eigenvalue weighted by molar-refractivity contribution is 6.00. The number of carbonyl (C=O) groups excluding carboxylic acids is 1. The number of nitrogen functional groups attached to an aromatic ring is 1. The molecule has 0 saturated heterocycles. The van der Waals surface area contributed by atoms with Crippen LogP contribution in [0.4, 0.5) is 5.69 Å². The van der Waals surface area contributed by atoms with Gasteiger partial charge in [0.05, 0.1) is 5.56 Å². The number of nitrogens with one attached hydrogen (secondary N) is 1. The summed E-state index contributed by atoms with van der Waals surface area (Å²) in [5.74, 6) is 1.67. The van der Waals surface area contributed by atoms with Crippen LogP contribution >= 0.6 is 0 Å². The lowest BCUT2D eigenvalue weighted by Crippen LogP contribution is -2.32. The third-order valence-electron chi connectivity index (χ3n) is 3.57. The Morgan fingerprint density at radius 3 is 2.72 bits per heavy atom. The second-order valence-electron chi connectivity index (χ2n) is 4.80. The van der Waals surface area contributed by atoms with Crippen LogP contribution in [0.3, 0.4) is 0 Å². The van der Waals surface area contributed by atoms with Gasteiger partial charge in [0.25, 0.3) is 5.91 Å². The largest absolute Gasteiger partial charge is 0.454 e. The quantitative estimate of drug-likeness (QED) is 0.795. The van der Waals surface area contributed by atoms with Gasteiger partial charge in [0, 0.05) is 18.3 Å². The minimum absolute atomic E-state index is 0.141. The van der Waals surface area contributed by atoms with E-state index >= 15 is 0 Å². The minimum atomic E-state index is -0.141. The van der Waals surface area contributed by atoms with Crippen LogP contribution < -0.4 is 20.5 Å². The van der Waals surface area contributed by atoms with Crippen molar-refractivity contribution in [2.75, 3.05) is 19.1 Å². The first-order valence-corrected chi connectivity index (χ1v) is 6.21. The molecular formula is C13H16N2O3. The molecule has 0 radical (unpaired) electrons. The van der Waals surface area contributed by atoms with Crippen LogP contribution in [0.1, 0.15) is 29.6 Å². The lowest BCUT2D eigenvalue weighted by atomic mass is 9.85. The molecule has 18 heavy (non-hydrogen) atoms. The molecule has 0 aromatic heterocycles. The minimum Gasteiger partial charge on any atom is -0.454 e. The number of anilines is 1. The van der Waals surface area contributed by atoms with E-state index in [-0.39, 0.29) is 12.7 Å². The Labute approximate surface area is 105 Å². The Balaban J connectivity index is 1.72. The molecule has 96 valence electrons. The number of amides is 1. The fraction of sp³-hybridized carbons (Fsp3) is 0.462. The fourth-order valence-electron chi connectivity index (χ4n) is 2.18. The van der Waals surface area contributed by atoms with E-state index in [2.05, 4.69) is 5.32 Å². The monoisotopic (exact) mass is 248 g/mol. The highest BCUT2D eigenvalue weighted by Crippen LogP contribution is 2.36. The maximum absolute atomic E-state index is 12.0. The Hall–Kier alpha value is -1.91. The number of fused-ring (bicyclic) bond motifs is 1. The van der Waals surface area contributed by atoms with Crippen molar-refractivity contribution in [1.82, 2.24) is 5.32 Å². The number of ether oxygens (including phenoxy) is 2. The molecule has 0 spiro atoms. The van der Waals surface area contributed by atoms with Gasteiger partial charge in [-0.1, -0.05) is 6.42 Å². The SMILES string of the molecule is Nc1cc2c(cc1C(=O)NCC1CCC1)OCO2. The smallest absolute Gasteiger partial charge is 0.253 e. The van der Waals surface area contributed by atoms with Gasteiger partial charge in [-0.2, -0.15) is 0 Å². The van der Waals surface area contributed by atoms with Crippen molar-refractivity contribution in [1.29, 1.82) is 0 Å². The number of rotatable bonds is 3. The van der Waals surface area contributed by atoms with Gasteiger partial charge in [0.15, 0.2) is 11.5 Å². The van der Waals surface area contributed by atoms with Crippen molar-refractivity contribution in [2.45, 2.75) is 19.3 Å². The maximum Gasteiger partial charge on any atom is 0.253 e. The van der Waals surface area contributed by atoms with Gasteiger partial charge in [-0.25, -0.2) is 0 Å². The second-order valence-corrected chi connectivity index (χ2v) is 4.80. The van der Waals surface area contributed by atoms with E-state index in [1.54, 1.807) is 12.1 Å². The molecule has 1 aromatic rings. The molecule has 3 rings (SSSR count). The van der Waals surface area contributed by atoms with Gasteiger partial charge in [0.1, 0.15) is 0 Å². The van der Waals surface area contributed by atoms with Crippen LogP contribution in [0.25, 0.3) is 0 Å². The van der Waals surface area contributed by atoms with E-state index < -0.39 is 0 Å². The molecule has 0 atom stereocenters. The Morgan fingerprint density at radius 1 is 1.33 bits per heavy atom. The molecule has 3 N–H and O–H groups in total. The van der Waals surface area contributed by atoms with Crippen molar-refractivity contribution < 1.29 is 14.3 Å². The van der Waals surface area contributed by atoms with Crippen LogP contribution in [-0.4, -0.2) is 19.2 Å². The average Bonchev–Trinajstić information content (AvgIpc) is 2.72. The van der Waals surface area contributed by atoms with Gasteiger partial charge < -0.3 is 20.5 Å². The summed E-state index contributed by atoms with van der Waals surface area (Å²) >= 11 is 0. The van der Waals surface area contributed by atoms with Crippen molar-refractivity contribution in [3.05, 3.63) is 17.7 Å². The van der Waals surface area contributed by atoms with Crippen LogP contribution in [0, 0.1) is 5.92 Å². The fourth-order valence-corrected chi connectivity index (χ4v) is 2.18. The van der Waals surface area contributed by atoms with Gasteiger partial charge in [-0.3, -0.25) is 4.79 Å². The van der Waals surface area contributed by atoms with Crippen LogP contribution in [0.2, 0.25) is 0 Å². The molecule has 0 unspecified atom stereocenters. The summed E-state index contributed by atoms with van der Waals surface area (Å²) < 4.78 is 10.4. The maximum atomic E-state index is 12.0. The average molecular weight is 248 g/mol. The summed E-state index contributed by atoms with van der Waals surface area (Å²) in [4.78, 5) is 12.0. The molecule has 1 aromatic carbocycles. The standard InChI is InChI=1S/C13H16N2O3/c14-10-5-12-11(17-7-18-12)4-9(10)13(16)15-6-8-2-1-3-8/h4-5,8H,1-3,6-7,14H2,(H,15,16). The van der Waals surface area contributed by atoms with E-state index in [9.17, 15) is 4.79 Å². The molecule has 1 fully saturated rings. The Bertz CT molecular complexity index is 483. The van der Waals surface area contributed by atoms with Crippen molar-refractivity contribution in [3.8, 4) is 11.5 Å². The molecule has 2 aliphatic rings. The van der Waals surface area contributed by atoms with Gasteiger partial charge in [-0.05, 0) is 24.8 Å². The first-order valence-electron chi connectivity index (χ1n) is 6.21. The summed E-state index contributed by atoms with van der Waals surface area (Å²) in [6.07, 6.45) is 3.68. The zero-order chi connectivity index (χ0) is 12.5. The zero-order valence-corrected chi connectivity index (χ0v) is 10.1. The highest BCUT2D eigenvalue weighted by atomic mass is 16.7. The van der Waals surface area contributed by atoms with Gasteiger partial charge in [0.2, 0.25) is 6.79 Å². The molecule has 1 aliphatic carbocycles. The summed E-state index contributed by atoms with van der Waals surface area (Å²) in [6.45, 7) is 0.911. The van der Waals surface area contributed by atoms with Crippen molar-refractivity contribution in [3.63, 3.8) is 0 Å². The summed E-state index contributed by atoms with van der Waals surface area (Å²) in [5.41, 5.74) is 6.73. The summed E-state index contributed by atoms with van der Waals surface area (Å²) in [5, 5.41) is 2.92. The predicted octanol–water partition coefficient (Wildman–Crippen LogP) is 1.53. The Morgan fingerprint density at radius 2 is 2.06 bits per heavy atom. The van der Waals surface area contributed by atoms with Gasteiger partial charge in [-0.15, -0.1) is 0 Å². The van der Waals surface area contributed by atoms with Crippen molar-refractivity contribution >= 4 is 11.6 Å². The lowest BCUT2D eigenvalue weighted by molar-refractivity contribution is 0.0939. The molecular weight excluding hydrogens is 232 g/mol. The van der Waals surface area contributed by atoms with E-state index in [4.69, 9.17) is 15.2 Å². The number of hydrogen-bond donors (Lipinski definition) is 2. The first-order chi connectivity index (χ1) is 8.74. The molecule has 0 bridgehead atoms. The summed E-state index contributed by atoms with van der Waals surface area (Å²) in [7, 11) is 0. The van der Waals surface area contributed by atoms with Crippen molar-refractivity contribution in [2.24, 2.45) is 5.92 Å². The van der Waals surface area contributed by atoms with E-state index in [1.165, 1.54) is 19.3 Å².